The fourth-order valence-electron chi connectivity index (χ4n) is 1.20. The minimum atomic E-state index is -0.696. The van der Waals surface area contributed by atoms with Gasteiger partial charge in [0.2, 0.25) is 0 Å². The zero-order chi connectivity index (χ0) is 10.8. The topological polar surface area (TPSA) is 96.0 Å². The van der Waals surface area contributed by atoms with Crippen molar-refractivity contribution in [2.45, 2.75) is 6.92 Å². The van der Waals surface area contributed by atoms with E-state index in [4.69, 9.17) is 5.53 Å². The molecule has 0 radical (unpaired) electrons. The summed E-state index contributed by atoms with van der Waals surface area (Å²) in [6.07, 6.45) is 4.78. The molecule has 7 nitrogen and oxygen atoms in total. The normalized spacial score (nSPS) is 9.93. The third-order valence-electron chi connectivity index (χ3n) is 1.83. The summed E-state index contributed by atoms with van der Waals surface area (Å²) in [7, 11) is 0. The number of aryl methyl sites for hydroxylation is 1. The van der Waals surface area contributed by atoms with Crippen molar-refractivity contribution < 1.29 is 4.79 Å². The van der Waals surface area contributed by atoms with Crippen LogP contribution in [0.3, 0.4) is 0 Å². The predicted octanol–water partition coefficient (Wildman–Crippen LogP) is 1.49. The molecule has 7 heteroatoms. The second-order valence-corrected chi connectivity index (χ2v) is 2.91. The van der Waals surface area contributed by atoms with Gasteiger partial charge in [-0.2, -0.15) is 0 Å². The summed E-state index contributed by atoms with van der Waals surface area (Å²) in [5.74, 6) is -0.696. The Morgan fingerprint density at radius 1 is 1.60 bits per heavy atom. The fraction of sp³-hybridized carbons (Fsp3) is 0.125. The summed E-state index contributed by atoms with van der Waals surface area (Å²) in [6, 6.07) is 0. The quantitative estimate of drug-likeness (QED) is 0.398. The zero-order valence-electron chi connectivity index (χ0n) is 7.82. The van der Waals surface area contributed by atoms with Crippen molar-refractivity contribution in [3.8, 4) is 0 Å². The van der Waals surface area contributed by atoms with Crippen LogP contribution in [0.5, 0.6) is 0 Å². The minimum absolute atomic E-state index is 0.111. The third-order valence-corrected chi connectivity index (χ3v) is 1.83. The van der Waals surface area contributed by atoms with Crippen molar-refractivity contribution in [2.24, 2.45) is 5.11 Å². The van der Waals surface area contributed by atoms with Gasteiger partial charge < -0.3 is 4.40 Å². The molecule has 0 aromatic carbocycles. The van der Waals surface area contributed by atoms with Crippen LogP contribution in [-0.2, 0) is 0 Å². The number of aromatic nitrogens is 3. The Bertz CT molecular complexity index is 580. The first-order valence-electron chi connectivity index (χ1n) is 4.11. The lowest BCUT2D eigenvalue weighted by molar-refractivity contribution is 0.0996. The maximum atomic E-state index is 11.2. The van der Waals surface area contributed by atoms with Gasteiger partial charge in [-0.1, -0.05) is 0 Å². The summed E-state index contributed by atoms with van der Waals surface area (Å²) in [5.41, 5.74) is 9.57. The Kier molecular flexibility index (Phi) is 2.07. The van der Waals surface area contributed by atoms with Crippen LogP contribution in [0.15, 0.2) is 23.7 Å². The Morgan fingerprint density at radius 2 is 2.40 bits per heavy atom. The van der Waals surface area contributed by atoms with Crippen molar-refractivity contribution in [3.05, 3.63) is 40.4 Å². The number of amides is 1. The number of nitrogens with zero attached hydrogens (tertiary/aromatic N) is 6. The molecular formula is C8H6N6O. The van der Waals surface area contributed by atoms with E-state index in [9.17, 15) is 4.79 Å². The van der Waals surface area contributed by atoms with E-state index in [1.54, 1.807) is 16.8 Å². The third kappa shape index (κ3) is 1.63. The molecule has 0 unspecified atom stereocenters. The molecule has 0 saturated heterocycles. The van der Waals surface area contributed by atoms with Gasteiger partial charge in [-0.3, -0.25) is 9.78 Å². The highest BCUT2D eigenvalue weighted by Gasteiger charge is 2.08. The molecular weight excluding hydrogens is 196 g/mol. The van der Waals surface area contributed by atoms with Gasteiger partial charge in [0.15, 0.2) is 5.65 Å². The van der Waals surface area contributed by atoms with Gasteiger partial charge in [0.1, 0.15) is 5.69 Å². The number of carbonyl (C=O) groups is 1. The average Bonchev–Trinajstić information content (AvgIpc) is 2.60. The van der Waals surface area contributed by atoms with E-state index in [2.05, 4.69) is 20.0 Å². The summed E-state index contributed by atoms with van der Waals surface area (Å²) in [5, 5.41) is 2.96. The second kappa shape index (κ2) is 3.39. The molecule has 0 spiro atoms. The molecule has 2 aromatic heterocycles. The first-order valence-corrected chi connectivity index (χ1v) is 4.11. The van der Waals surface area contributed by atoms with Gasteiger partial charge in [0.25, 0.3) is 5.91 Å². The molecule has 2 rings (SSSR count). The van der Waals surface area contributed by atoms with Gasteiger partial charge >= 0.3 is 0 Å². The lowest BCUT2D eigenvalue weighted by Crippen LogP contribution is -1.92. The molecule has 2 heterocycles. The first-order chi connectivity index (χ1) is 7.20. The SMILES string of the molecule is Cc1cn2cc(C(=O)N=[N+]=[N-])nc2cn1. The van der Waals surface area contributed by atoms with Gasteiger partial charge in [-0.15, -0.1) is 0 Å². The van der Waals surface area contributed by atoms with Crippen LogP contribution in [0.4, 0.5) is 0 Å². The van der Waals surface area contributed by atoms with Crippen molar-refractivity contribution >= 4 is 11.6 Å². The lowest BCUT2D eigenvalue weighted by atomic mass is 10.5. The Labute approximate surface area is 84.0 Å². The van der Waals surface area contributed by atoms with E-state index in [0.29, 0.717) is 5.65 Å². The summed E-state index contributed by atoms with van der Waals surface area (Å²) in [4.78, 5) is 21.6. The Morgan fingerprint density at radius 3 is 3.13 bits per heavy atom. The highest BCUT2D eigenvalue weighted by Crippen LogP contribution is 2.06. The summed E-state index contributed by atoms with van der Waals surface area (Å²) < 4.78 is 1.66. The number of azide groups is 1. The van der Waals surface area contributed by atoms with Gasteiger partial charge in [0, 0.05) is 17.3 Å². The van der Waals surface area contributed by atoms with E-state index in [1.165, 1.54) is 6.20 Å². The van der Waals surface area contributed by atoms with Gasteiger partial charge in [0.05, 0.1) is 11.9 Å². The standard InChI is InChI=1S/C8H6N6O/c1-5-3-14-4-6(8(15)12-13-9)11-7(14)2-10-5/h2-4H,1H3. The second-order valence-electron chi connectivity index (χ2n) is 2.91. The molecule has 0 fully saturated rings. The van der Waals surface area contributed by atoms with E-state index in [1.807, 2.05) is 6.92 Å². The number of imidazole rings is 1. The van der Waals surface area contributed by atoms with Crippen LogP contribution in [0, 0.1) is 6.92 Å². The number of carbonyl (C=O) groups excluding carboxylic acids is 1. The molecule has 1 amide bonds. The first kappa shape index (κ1) is 9.17. The summed E-state index contributed by atoms with van der Waals surface area (Å²) in [6.45, 7) is 1.83. The molecule has 0 N–H and O–H groups in total. The smallest absolute Gasteiger partial charge is 0.269 e. The van der Waals surface area contributed by atoms with Gasteiger partial charge in [-0.05, 0) is 17.6 Å². The molecule has 0 aliphatic heterocycles. The molecule has 0 atom stereocenters. The van der Waals surface area contributed by atoms with Crippen molar-refractivity contribution in [1.82, 2.24) is 14.4 Å². The van der Waals surface area contributed by atoms with E-state index >= 15 is 0 Å². The maximum Gasteiger partial charge on any atom is 0.269 e. The molecule has 2 aromatic rings. The number of rotatable bonds is 1. The van der Waals surface area contributed by atoms with Crippen LogP contribution < -0.4 is 0 Å². The minimum Gasteiger partial charge on any atom is -0.303 e. The highest BCUT2D eigenvalue weighted by atomic mass is 16.1. The number of fused-ring (bicyclic) bond motifs is 1. The van der Waals surface area contributed by atoms with Crippen molar-refractivity contribution in [3.63, 3.8) is 0 Å². The van der Waals surface area contributed by atoms with E-state index in [0.717, 1.165) is 5.69 Å². The zero-order valence-corrected chi connectivity index (χ0v) is 7.82. The summed E-state index contributed by atoms with van der Waals surface area (Å²) >= 11 is 0. The fourth-order valence-corrected chi connectivity index (χ4v) is 1.20. The Balaban J connectivity index is 2.56. The lowest BCUT2D eigenvalue weighted by Gasteiger charge is -1.92. The van der Waals surface area contributed by atoms with Crippen LogP contribution in [0.2, 0.25) is 0 Å². The van der Waals surface area contributed by atoms with Crippen LogP contribution in [0.25, 0.3) is 16.1 Å². The molecule has 0 aliphatic carbocycles. The number of hydrogen-bond donors (Lipinski definition) is 0. The molecule has 0 bridgehead atoms. The predicted molar refractivity (Wildman–Crippen MR) is 51.2 cm³/mol. The van der Waals surface area contributed by atoms with Crippen molar-refractivity contribution in [2.75, 3.05) is 0 Å². The Hall–Kier alpha value is -2.40. The van der Waals surface area contributed by atoms with Crippen molar-refractivity contribution in [1.29, 1.82) is 0 Å². The van der Waals surface area contributed by atoms with E-state index < -0.39 is 5.91 Å². The average molecular weight is 202 g/mol. The molecule has 15 heavy (non-hydrogen) atoms. The molecule has 74 valence electrons. The highest BCUT2D eigenvalue weighted by molar-refractivity contribution is 5.93. The van der Waals surface area contributed by atoms with Crippen LogP contribution in [-0.4, -0.2) is 20.3 Å². The molecule has 0 aliphatic rings. The molecule has 0 saturated carbocycles. The largest absolute Gasteiger partial charge is 0.303 e. The number of hydrogen-bond acceptors (Lipinski definition) is 3. The monoisotopic (exact) mass is 202 g/mol. The maximum absolute atomic E-state index is 11.2. The van der Waals surface area contributed by atoms with Gasteiger partial charge in [-0.25, -0.2) is 4.98 Å². The van der Waals surface area contributed by atoms with E-state index in [-0.39, 0.29) is 5.69 Å². The van der Waals surface area contributed by atoms with Crippen LogP contribution in [0.1, 0.15) is 16.2 Å². The van der Waals surface area contributed by atoms with Crippen LogP contribution >= 0.6 is 0 Å².